The van der Waals surface area contributed by atoms with E-state index < -0.39 is 17.9 Å². The third-order valence-electron chi connectivity index (χ3n) is 3.94. The minimum atomic E-state index is -4.61. The maximum atomic E-state index is 13.2. The average molecular weight is 384 g/mol. The number of nitrogens with zero attached hydrogens (tertiary/aromatic N) is 2. The second-order valence-corrected chi connectivity index (χ2v) is 6.34. The van der Waals surface area contributed by atoms with Crippen molar-refractivity contribution < 1.29 is 23.0 Å². The third kappa shape index (κ3) is 5.99. The topological polar surface area (TPSA) is 79.3 Å². The van der Waals surface area contributed by atoms with E-state index in [2.05, 4.69) is 20.6 Å². The Morgan fingerprint density at radius 3 is 2.52 bits per heavy atom. The number of rotatable bonds is 8. The van der Waals surface area contributed by atoms with E-state index in [9.17, 15) is 18.3 Å². The summed E-state index contributed by atoms with van der Waals surface area (Å²) in [6, 6.07) is 7.56. The highest BCUT2D eigenvalue weighted by molar-refractivity contribution is 5.44. The number of anilines is 2. The van der Waals surface area contributed by atoms with E-state index in [0.29, 0.717) is 5.75 Å². The molecule has 0 aliphatic rings. The molecule has 0 aliphatic heterocycles. The summed E-state index contributed by atoms with van der Waals surface area (Å²) in [6.07, 6.45) is -4.61. The number of aromatic nitrogens is 2. The Kier molecular flexibility index (Phi) is 6.84. The second kappa shape index (κ2) is 8.90. The van der Waals surface area contributed by atoms with Gasteiger partial charge in [0.25, 0.3) is 0 Å². The van der Waals surface area contributed by atoms with E-state index in [1.807, 2.05) is 19.9 Å². The molecule has 1 aromatic heterocycles. The first-order chi connectivity index (χ1) is 12.7. The van der Waals surface area contributed by atoms with Crippen LogP contribution in [-0.2, 0) is 12.7 Å². The van der Waals surface area contributed by atoms with Crippen LogP contribution in [0.5, 0.6) is 5.75 Å². The van der Waals surface area contributed by atoms with Crippen molar-refractivity contribution in [1.29, 1.82) is 0 Å². The molecule has 0 saturated heterocycles. The highest BCUT2D eigenvalue weighted by atomic mass is 19.4. The second-order valence-electron chi connectivity index (χ2n) is 6.34. The molecular weight excluding hydrogens is 361 g/mol. The van der Waals surface area contributed by atoms with Crippen molar-refractivity contribution in [2.45, 2.75) is 32.6 Å². The van der Waals surface area contributed by atoms with Crippen molar-refractivity contribution in [2.75, 3.05) is 24.4 Å². The average Bonchev–Trinajstić information content (AvgIpc) is 2.63. The van der Waals surface area contributed by atoms with E-state index >= 15 is 0 Å². The minimum absolute atomic E-state index is 0.0127. The smallest absolute Gasteiger partial charge is 0.433 e. The Morgan fingerprint density at radius 1 is 1.19 bits per heavy atom. The van der Waals surface area contributed by atoms with Gasteiger partial charge < -0.3 is 20.5 Å². The van der Waals surface area contributed by atoms with Crippen molar-refractivity contribution in [2.24, 2.45) is 5.92 Å². The summed E-state index contributed by atoms with van der Waals surface area (Å²) in [4.78, 5) is 7.64. The quantitative estimate of drug-likeness (QED) is 0.646. The monoisotopic (exact) mass is 384 g/mol. The standard InChI is InChI=1S/C18H23F3N4O2/c1-11(2)14(10-26)23-17-24-15(18(19,20)21)8-16(25-17)22-9-12-5-4-6-13(7-12)27-3/h4-8,11,14,26H,9-10H2,1-3H3,(H2,22,23,24,25)/t14-/m1/s1. The van der Waals surface area contributed by atoms with Crippen molar-refractivity contribution in [3.05, 3.63) is 41.6 Å². The molecule has 9 heteroatoms. The van der Waals surface area contributed by atoms with E-state index in [0.717, 1.165) is 11.6 Å². The molecule has 1 aromatic carbocycles. The summed E-state index contributed by atoms with van der Waals surface area (Å²) in [6.45, 7) is 3.69. The van der Waals surface area contributed by atoms with Gasteiger partial charge in [-0.2, -0.15) is 18.2 Å². The highest BCUT2D eigenvalue weighted by Crippen LogP contribution is 2.30. The molecular formula is C18H23F3N4O2. The molecule has 2 aromatic rings. The summed E-state index contributed by atoms with van der Waals surface area (Å²) in [5, 5.41) is 15.0. The van der Waals surface area contributed by atoms with E-state index in [1.165, 1.54) is 7.11 Å². The molecule has 0 fully saturated rings. The molecule has 27 heavy (non-hydrogen) atoms. The summed E-state index contributed by atoms with van der Waals surface area (Å²) >= 11 is 0. The number of nitrogens with one attached hydrogen (secondary N) is 2. The van der Waals surface area contributed by atoms with Gasteiger partial charge in [0.05, 0.1) is 19.8 Å². The predicted molar refractivity (Wildman–Crippen MR) is 96.7 cm³/mol. The van der Waals surface area contributed by atoms with Gasteiger partial charge in [-0.3, -0.25) is 0 Å². The van der Waals surface area contributed by atoms with Gasteiger partial charge in [-0.1, -0.05) is 26.0 Å². The first-order valence-corrected chi connectivity index (χ1v) is 8.43. The molecule has 2 rings (SSSR count). The van der Waals surface area contributed by atoms with E-state index in [-0.39, 0.29) is 30.8 Å². The normalized spacial score (nSPS) is 12.7. The molecule has 0 saturated carbocycles. The van der Waals surface area contributed by atoms with Crippen molar-refractivity contribution in [1.82, 2.24) is 9.97 Å². The van der Waals surface area contributed by atoms with Crippen molar-refractivity contribution in [3.63, 3.8) is 0 Å². The van der Waals surface area contributed by atoms with Gasteiger partial charge in [-0.05, 0) is 23.6 Å². The Bertz CT molecular complexity index is 754. The maximum absolute atomic E-state index is 13.2. The number of alkyl halides is 3. The number of aliphatic hydroxyl groups excluding tert-OH is 1. The van der Waals surface area contributed by atoms with E-state index in [1.54, 1.807) is 18.2 Å². The lowest BCUT2D eigenvalue weighted by Crippen LogP contribution is -2.30. The minimum Gasteiger partial charge on any atom is -0.497 e. The van der Waals surface area contributed by atoms with Crippen LogP contribution in [0.1, 0.15) is 25.1 Å². The van der Waals surface area contributed by atoms with Crippen LogP contribution in [0.15, 0.2) is 30.3 Å². The Hall–Kier alpha value is -2.55. The van der Waals surface area contributed by atoms with Gasteiger partial charge in [0.1, 0.15) is 11.6 Å². The lowest BCUT2D eigenvalue weighted by atomic mass is 10.1. The molecule has 0 radical (unpaired) electrons. The molecule has 0 unspecified atom stereocenters. The molecule has 1 heterocycles. The van der Waals surface area contributed by atoms with Gasteiger partial charge in [0, 0.05) is 12.6 Å². The van der Waals surface area contributed by atoms with E-state index in [4.69, 9.17) is 4.74 Å². The molecule has 0 amide bonds. The lowest BCUT2D eigenvalue weighted by molar-refractivity contribution is -0.141. The van der Waals surface area contributed by atoms with Crippen LogP contribution in [0.25, 0.3) is 0 Å². The number of methoxy groups -OCH3 is 1. The molecule has 3 N–H and O–H groups in total. The van der Waals surface area contributed by atoms with Gasteiger partial charge in [-0.15, -0.1) is 0 Å². The van der Waals surface area contributed by atoms with Crippen molar-refractivity contribution >= 4 is 11.8 Å². The molecule has 0 bridgehead atoms. The maximum Gasteiger partial charge on any atom is 0.433 e. The third-order valence-corrected chi connectivity index (χ3v) is 3.94. The van der Waals surface area contributed by atoms with Crippen LogP contribution in [0, 0.1) is 5.92 Å². The zero-order valence-corrected chi connectivity index (χ0v) is 15.3. The summed E-state index contributed by atoms with van der Waals surface area (Å²) in [5.74, 6) is 0.480. The zero-order valence-electron chi connectivity index (χ0n) is 15.3. The molecule has 0 aliphatic carbocycles. The Balaban J connectivity index is 2.24. The fourth-order valence-electron chi connectivity index (χ4n) is 2.31. The summed E-state index contributed by atoms with van der Waals surface area (Å²) in [5.41, 5.74) is -0.236. The Labute approximate surface area is 155 Å². The number of hydrogen-bond donors (Lipinski definition) is 3. The van der Waals surface area contributed by atoms with Crippen LogP contribution >= 0.6 is 0 Å². The lowest BCUT2D eigenvalue weighted by Gasteiger charge is -2.21. The number of aliphatic hydroxyl groups is 1. The van der Waals surface area contributed by atoms with Gasteiger partial charge in [-0.25, -0.2) is 4.98 Å². The number of benzene rings is 1. The first-order valence-electron chi connectivity index (χ1n) is 8.43. The number of halogens is 3. The van der Waals surface area contributed by atoms with Crippen LogP contribution in [0.4, 0.5) is 24.9 Å². The van der Waals surface area contributed by atoms with Crippen LogP contribution in [0.2, 0.25) is 0 Å². The molecule has 6 nitrogen and oxygen atoms in total. The molecule has 1 atom stereocenters. The zero-order chi connectivity index (χ0) is 20.0. The van der Waals surface area contributed by atoms with Gasteiger partial charge in [0.2, 0.25) is 5.95 Å². The predicted octanol–water partition coefficient (Wildman–Crippen LogP) is 3.54. The largest absolute Gasteiger partial charge is 0.497 e. The SMILES string of the molecule is COc1cccc(CNc2cc(C(F)(F)F)nc(N[C@H](CO)C(C)C)n2)c1. The molecule has 0 spiro atoms. The summed E-state index contributed by atoms with van der Waals surface area (Å²) in [7, 11) is 1.54. The highest BCUT2D eigenvalue weighted by Gasteiger charge is 2.34. The number of hydrogen-bond acceptors (Lipinski definition) is 6. The van der Waals surface area contributed by atoms with Crippen LogP contribution in [-0.4, -0.2) is 34.8 Å². The Morgan fingerprint density at radius 2 is 1.93 bits per heavy atom. The van der Waals surface area contributed by atoms with Crippen molar-refractivity contribution in [3.8, 4) is 5.75 Å². The summed E-state index contributed by atoms with van der Waals surface area (Å²) < 4.78 is 44.7. The van der Waals surface area contributed by atoms with Gasteiger partial charge >= 0.3 is 6.18 Å². The van der Waals surface area contributed by atoms with Gasteiger partial charge in [0.15, 0.2) is 5.69 Å². The van der Waals surface area contributed by atoms with Crippen LogP contribution < -0.4 is 15.4 Å². The fraction of sp³-hybridized carbons (Fsp3) is 0.444. The van der Waals surface area contributed by atoms with Crippen LogP contribution in [0.3, 0.4) is 0 Å². The number of ether oxygens (including phenoxy) is 1. The fourth-order valence-corrected chi connectivity index (χ4v) is 2.31. The molecule has 148 valence electrons. The first kappa shape index (κ1) is 20.8.